The number of hydrogen-bond acceptors (Lipinski definition) is 4. The standard InChI is InChI=1S/C18H13Cl2FN4O2/c19-12-1-6-15(16(20)7-12)17(26)8-25(14-4-2-13(21)3-5-14)18(27)9-24-11-22-10-23-24/h1-7,10-11H,8-9H2. The molecule has 0 aliphatic heterocycles. The average Bonchev–Trinajstić information content (AvgIpc) is 3.13. The highest BCUT2D eigenvalue weighted by molar-refractivity contribution is 6.37. The van der Waals surface area contributed by atoms with Crippen molar-refractivity contribution < 1.29 is 14.0 Å². The molecule has 2 aromatic carbocycles. The van der Waals surface area contributed by atoms with Crippen LogP contribution < -0.4 is 4.90 Å². The van der Waals surface area contributed by atoms with Gasteiger partial charge in [0.1, 0.15) is 25.0 Å². The molecular weight excluding hydrogens is 394 g/mol. The Labute approximate surface area is 164 Å². The van der Waals surface area contributed by atoms with E-state index in [2.05, 4.69) is 10.1 Å². The normalized spacial score (nSPS) is 10.6. The van der Waals surface area contributed by atoms with Crippen molar-refractivity contribution in [1.29, 1.82) is 0 Å². The minimum Gasteiger partial charge on any atom is -0.303 e. The van der Waals surface area contributed by atoms with Gasteiger partial charge >= 0.3 is 0 Å². The van der Waals surface area contributed by atoms with E-state index in [4.69, 9.17) is 23.2 Å². The fourth-order valence-electron chi connectivity index (χ4n) is 2.43. The van der Waals surface area contributed by atoms with Crippen LogP contribution in [0.4, 0.5) is 10.1 Å². The molecule has 138 valence electrons. The largest absolute Gasteiger partial charge is 0.303 e. The van der Waals surface area contributed by atoms with Crippen LogP contribution in [-0.2, 0) is 11.3 Å². The lowest BCUT2D eigenvalue weighted by atomic mass is 10.1. The Morgan fingerprint density at radius 1 is 1.11 bits per heavy atom. The van der Waals surface area contributed by atoms with Gasteiger partial charge in [0, 0.05) is 16.3 Å². The molecule has 1 amide bonds. The van der Waals surface area contributed by atoms with Crippen LogP contribution in [-0.4, -0.2) is 33.0 Å². The van der Waals surface area contributed by atoms with Crippen LogP contribution in [0.3, 0.4) is 0 Å². The first-order valence-corrected chi connectivity index (χ1v) is 8.56. The molecule has 0 radical (unpaired) electrons. The molecule has 3 aromatic rings. The number of Topliss-reactive ketones (excluding diaryl/α,β-unsaturated/α-hetero) is 1. The number of ketones is 1. The predicted molar refractivity (Wildman–Crippen MR) is 99.6 cm³/mol. The van der Waals surface area contributed by atoms with E-state index in [1.807, 2.05) is 0 Å². The summed E-state index contributed by atoms with van der Waals surface area (Å²) in [7, 11) is 0. The highest BCUT2D eigenvalue weighted by atomic mass is 35.5. The highest BCUT2D eigenvalue weighted by Crippen LogP contribution is 2.23. The SMILES string of the molecule is O=C(CN(C(=O)Cn1cncn1)c1ccc(F)cc1)c1ccc(Cl)cc1Cl. The Bertz CT molecular complexity index is 962. The molecule has 9 heteroatoms. The fourth-order valence-corrected chi connectivity index (χ4v) is 2.94. The number of halogens is 3. The van der Waals surface area contributed by atoms with E-state index >= 15 is 0 Å². The van der Waals surface area contributed by atoms with Crippen molar-refractivity contribution in [3.63, 3.8) is 0 Å². The maximum atomic E-state index is 13.3. The molecule has 0 unspecified atom stereocenters. The van der Waals surface area contributed by atoms with Crippen LogP contribution >= 0.6 is 23.2 Å². The van der Waals surface area contributed by atoms with Gasteiger partial charge in [0.2, 0.25) is 5.91 Å². The van der Waals surface area contributed by atoms with Crippen LogP contribution in [0.1, 0.15) is 10.4 Å². The van der Waals surface area contributed by atoms with Gasteiger partial charge in [-0.25, -0.2) is 14.1 Å². The summed E-state index contributed by atoms with van der Waals surface area (Å²) >= 11 is 11.9. The van der Waals surface area contributed by atoms with E-state index in [1.54, 1.807) is 6.07 Å². The van der Waals surface area contributed by atoms with Crippen molar-refractivity contribution in [2.75, 3.05) is 11.4 Å². The summed E-state index contributed by atoms with van der Waals surface area (Å²) in [5, 5.41) is 4.47. The Balaban J connectivity index is 1.87. The minimum absolute atomic E-state index is 0.126. The third-order valence-corrected chi connectivity index (χ3v) is 4.28. The van der Waals surface area contributed by atoms with Gasteiger partial charge in [-0.3, -0.25) is 9.59 Å². The minimum atomic E-state index is -0.450. The third-order valence-electron chi connectivity index (χ3n) is 3.74. The van der Waals surface area contributed by atoms with Gasteiger partial charge in [0.15, 0.2) is 5.78 Å². The molecule has 0 N–H and O–H groups in total. The summed E-state index contributed by atoms with van der Waals surface area (Å²) < 4.78 is 14.6. The first kappa shape index (κ1) is 19.0. The number of carbonyl (C=O) groups excluding carboxylic acids is 2. The second kappa shape index (κ2) is 8.28. The van der Waals surface area contributed by atoms with Gasteiger partial charge in [0.25, 0.3) is 0 Å². The quantitative estimate of drug-likeness (QED) is 0.586. The van der Waals surface area contributed by atoms with Crippen LogP contribution in [0.25, 0.3) is 0 Å². The molecule has 0 spiro atoms. The third kappa shape index (κ3) is 4.69. The Morgan fingerprint density at radius 3 is 2.48 bits per heavy atom. The van der Waals surface area contributed by atoms with Crippen LogP contribution in [0, 0.1) is 5.82 Å². The topological polar surface area (TPSA) is 68.1 Å². The monoisotopic (exact) mass is 406 g/mol. The first-order chi connectivity index (χ1) is 12.9. The smallest absolute Gasteiger partial charge is 0.249 e. The molecule has 0 aliphatic carbocycles. The number of benzene rings is 2. The molecule has 1 aromatic heterocycles. The summed E-state index contributed by atoms with van der Waals surface area (Å²) in [6, 6.07) is 9.76. The van der Waals surface area contributed by atoms with Gasteiger partial charge in [-0.1, -0.05) is 23.2 Å². The van der Waals surface area contributed by atoms with Crippen molar-refractivity contribution in [2.24, 2.45) is 0 Å². The second-order valence-electron chi connectivity index (χ2n) is 5.60. The maximum absolute atomic E-state index is 13.3. The van der Waals surface area contributed by atoms with E-state index in [9.17, 15) is 14.0 Å². The molecule has 0 saturated carbocycles. The summed E-state index contributed by atoms with van der Waals surface area (Å²) in [5.41, 5.74) is 0.613. The van der Waals surface area contributed by atoms with Crippen molar-refractivity contribution in [1.82, 2.24) is 14.8 Å². The molecule has 0 atom stereocenters. The van der Waals surface area contributed by atoms with Gasteiger partial charge in [-0.2, -0.15) is 5.10 Å². The molecular formula is C18H13Cl2FN4O2. The summed E-state index contributed by atoms with van der Waals surface area (Å²) in [6.07, 6.45) is 2.69. The number of hydrogen-bond donors (Lipinski definition) is 0. The average molecular weight is 407 g/mol. The van der Waals surface area contributed by atoms with E-state index in [1.165, 1.54) is 58.6 Å². The molecule has 0 fully saturated rings. The molecule has 3 rings (SSSR count). The van der Waals surface area contributed by atoms with Crippen molar-refractivity contribution >= 4 is 40.6 Å². The van der Waals surface area contributed by atoms with Gasteiger partial charge in [-0.05, 0) is 42.5 Å². The Kier molecular flexibility index (Phi) is 5.83. The van der Waals surface area contributed by atoms with Crippen LogP contribution in [0.15, 0.2) is 55.1 Å². The van der Waals surface area contributed by atoms with Gasteiger partial charge < -0.3 is 4.90 Å². The molecule has 0 aliphatic rings. The maximum Gasteiger partial charge on any atom is 0.249 e. The van der Waals surface area contributed by atoms with E-state index in [-0.39, 0.29) is 29.5 Å². The lowest BCUT2D eigenvalue weighted by Crippen LogP contribution is -2.38. The number of rotatable bonds is 6. The summed E-state index contributed by atoms with van der Waals surface area (Å²) in [5.74, 6) is -1.24. The Morgan fingerprint density at radius 2 is 1.85 bits per heavy atom. The molecule has 1 heterocycles. The van der Waals surface area contributed by atoms with Crippen LogP contribution in [0.2, 0.25) is 10.0 Å². The van der Waals surface area contributed by atoms with Crippen molar-refractivity contribution in [3.05, 3.63) is 76.5 Å². The predicted octanol–water partition coefficient (Wildman–Crippen LogP) is 3.64. The second-order valence-corrected chi connectivity index (χ2v) is 6.44. The zero-order valence-electron chi connectivity index (χ0n) is 13.8. The molecule has 6 nitrogen and oxygen atoms in total. The fraction of sp³-hybridized carbons (Fsp3) is 0.111. The number of aromatic nitrogens is 3. The van der Waals surface area contributed by atoms with E-state index in [0.29, 0.717) is 10.7 Å². The number of carbonyl (C=O) groups is 2. The summed E-state index contributed by atoms with van der Waals surface area (Å²) in [6.45, 7) is -0.403. The lowest BCUT2D eigenvalue weighted by molar-refractivity contribution is -0.119. The number of amides is 1. The lowest BCUT2D eigenvalue weighted by Gasteiger charge is -2.22. The van der Waals surface area contributed by atoms with Gasteiger partial charge in [0.05, 0.1) is 11.6 Å². The number of nitrogens with zero attached hydrogens (tertiary/aromatic N) is 4. The zero-order valence-corrected chi connectivity index (χ0v) is 15.4. The van der Waals surface area contributed by atoms with E-state index < -0.39 is 11.7 Å². The zero-order chi connectivity index (χ0) is 19.4. The first-order valence-electron chi connectivity index (χ1n) is 7.80. The Hall–Kier alpha value is -2.77. The van der Waals surface area contributed by atoms with Crippen molar-refractivity contribution in [3.8, 4) is 0 Å². The van der Waals surface area contributed by atoms with Crippen molar-refractivity contribution in [2.45, 2.75) is 6.54 Å². The molecule has 27 heavy (non-hydrogen) atoms. The van der Waals surface area contributed by atoms with E-state index in [0.717, 1.165) is 0 Å². The summed E-state index contributed by atoms with van der Waals surface area (Å²) in [4.78, 5) is 30.5. The van der Waals surface area contributed by atoms with Crippen LogP contribution in [0.5, 0.6) is 0 Å². The van der Waals surface area contributed by atoms with Gasteiger partial charge in [-0.15, -0.1) is 0 Å². The number of anilines is 1. The molecule has 0 bridgehead atoms. The highest BCUT2D eigenvalue weighted by Gasteiger charge is 2.22. The molecule has 0 saturated heterocycles.